The summed E-state index contributed by atoms with van der Waals surface area (Å²) >= 11 is 4.87. The first-order chi connectivity index (χ1) is 12.9. The molecule has 0 aliphatic carbocycles. The molecule has 1 N–H and O–H groups in total. The van der Waals surface area contributed by atoms with E-state index in [0.29, 0.717) is 5.75 Å². The molecular weight excluding hydrogens is 432 g/mol. The first-order valence-electron chi connectivity index (χ1n) is 7.96. The number of carbonyl (C=O) groups excluding carboxylic acids is 1. The number of hydrogen-bond donors (Lipinski definition) is 1. The summed E-state index contributed by atoms with van der Waals surface area (Å²) in [4.78, 5) is 24.2. The Labute approximate surface area is 170 Å². The van der Waals surface area contributed by atoms with E-state index in [9.17, 15) is 14.9 Å². The fraction of sp³-hybridized carbons (Fsp3) is 0.222. The number of anilines is 1. The van der Waals surface area contributed by atoms with Crippen LogP contribution in [-0.2, 0) is 10.5 Å². The van der Waals surface area contributed by atoms with E-state index in [2.05, 4.69) is 26.5 Å². The number of rotatable bonds is 8. The summed E-state index contributed by atoms with van der Waals surface area (Å²) < 4.78 is 0.940. The molecule has 9 heteroatoms. The largest absolute Gasteiger partial charge is 0.377 e. The third-order valence-electron chi connectivity index (χ3n) is 3.48. The predicted molar refractivity (Wildman–Crippen MR) is 113 cm³/mol. The summed E-state index contributed by atoms with van der Waals surface area (Å²) in [6, 6.07) is 12.2. The summed E-state index contributed by atoms with van der Waals surface area (Å²) in [5, 5.41) is 14.7. The van der Waals surface area contributed by atoms with Crippen LogP contribution in [0.4, 0.5) is 11.4 Å². The Morgan fingerprint density at radius 3 is 2.78 bits per heavy atom. The van der Waals surface area contributed by atoms with Crippen LogP contribution in [-0.4, -0.2) is 36.9 Å². The second kappa shape index (κ2) is 10.1. The average molecular weight is 451 g/mol. The molecule has 27 heavy (non-hydrogen) atoms. The van der Waals surface area contributed by atoms with E-state index >= 15 is 0 Å². The van der Waals surface area contributed by atoms with Crippen molar-refractivity contribution < 1.29 is 9.72 Å². The van der Waals surface area contributed by atoms with E-state index < -0.39 is 4.92 Å². The highest BCUT2D eigenvalue weighted by atomic mass is 79.9. The maximum Gasteiger partial charge on any atom is 0.269 e. The van der Waals surface area contributed by atoms with Crippen molar-refractivity contribution in [2.75, 3.05) is 24.7 Å². The third-order valence-corrected chi connectivity index (χ3v) is 5.12. The molecule has 7 nitrogen and oxygen atoms in total. The molecule has 0 saturated heterocycles. The molecule has 0 bridgehead atoms. The van der Waals surface area contributed by atoms with Gasteiger partial charge in [0.25, 0.3) is 5.69 Å². The van der Waals surface area contributed by atoms with Crippen LogP contribution in [0.3, 0.4) is 0 Å². The summed E-state index contributed by atoms with van der Waals surface area (Å²) in [5.74, 6) is 0.492. The number of amides is 1. The lowest BCUT2D eigenvalue weighted by atomic mass is 10.2. The van der Waals surface area contributed by atoms with Crippen LogP contribution in [0.2, 0.25) is 0 Å². The molecule has 0 aromatic heterocycles. The predicted octanol–water partition coefficient (Wildman–Crippen LogP) is 3.81. The molecule has 0 heterocycles. The number of hydrazone groups is 1. The molecule has 1 amide bonds. The zero-order valence-corrected chi connectivity index (χ0v) is 17.3. The zero-order chi connectivity index (χ0) is 19.8. The highest BCUT2D eigenvalue weighted by Gasteiger charge is 2.07. The molecule has 0 unspecified atom stereocenters. The SMILES string of the molecule is CN(C)c1ccc(/C=N\NC(=O)CSCc2cccc([N+](=O)[O-])c2)cc1Br. The monoisotopic (exact) mass is 450 g/mol. The Kier molecular flexibility index (Phi) is 7.81. The van der Waals surface area contributed by atoms with Crippen molar-refractivity contribution in [1.82, 2.24) is 5.43 Å². The van der Waals surface area contributed by atoms with Crippen LogP contribution in [0.5, 0.6) is 0 Å². The molecular formula is C18H19BrN4O3S. The number of thioether (sulfide) groups is 1. The van der Waals surface area contributed by atoms with Gasteiger partial charge in [-0.1, -0.05) is 18.2 Å². The summed E-state index contributed by atoms with van der Waals surface area (Å²) in [5.41, 5.74) is 5.24. The standard InChI is InChI=1S/C18H19BrN4O3S/c1-22(2)17-7-6-13(9-16(17)19)10-20-21-18(24)12-27-11-14-4-3-5-15(8-14)23(25)26/h3-10H,11-12H2,1-2H3,(H,21,24)/b20-10-. The smallest absolute Gasteiger partial charge is 0.269 e. The number of carbonyl (C=O) groups is 1. The fourth-order valence-electron chi connectivity index (χ4n) is 2.20. The van der Waals surface area contributed by atoms with Gasteiger partial charge in [0, 0.05) is 36.5 Å². The first-order valence-corrected chi connectivity index (χ1v) is 9.91. The lowest BCUT2D eigenvalue weighted by Crippen LogP contribution is -2.19. The van der Waals surface area contributed by atoms with Crippen molar-refractivity contribution >= 4 is 51.2 Å². The van der Waals surface area contributed by atoms with E-state index in [1.54, 1.807) is 18.3 Å². The highest BCUT2D eigenvalue weighted by molar-refractivity contribution is 9.10. The number of hydrogen-bond acceptors (Lipinski definition) is 6. The number of nitrogens with one attached hydrogen (secondary N) is 1. The van der Waals surface area contributed by atoms with Gasteiger partial charge < -0.3 is 4.90 Å². The van der Waals surface area contributed by atoms with Gasteiger partial charge in [0.1, 0.15) is 0 Å². The van der Waals surface area contributed by atoms with Crippen LogP contribution < -0.4 is 10.3 Å². The molecule has 0 atom stereocenters. The molecule has 0 radical (unpaired) electrons. The van der Waals surface area contributed by atoms with Crippen molar-refractivity contribution in [1.29, 1.82) is 0 Å². The minimum absolute atomic E-state index is 0.0496. The normalized spacial score (nSPS) is 10.8. The molecule has 142 valence electrons. The van der Waals surface area contributed by atoms with Crippen molar-refractivity contribution in [3.63, 3.8) is 0 Å². The van der Waals surface area contributed by atoms with Crippen molar-refractivity contribution in [2.24, 2.45) is 5.10 Å². The molecule has 2 rings (SSSR count). The molecule has 0 spiro atoms. The second-order valence-electron chi connectivity index (χ2n) is 5.82. The van der Waals surface area contributed by atoms with Crippen molar-refractivity contribution in [3.8, 4) is 0 Å². The average Bonchev–Trinajstić information content (AvgIpc) is 2.61. The van der Waals surface area contributed by atoms with E-state index in [-0.39, 0.29) is 17.3 Å². The number of halogens is 1. The van der Waals surface area contributed by atoms with Gasteiger partial charge in [0.2, 0.25) is 5.91 Å². The van der Waals surface area contributed by atoms with Gasteiger partial charge in [-0.05, 0) is 39.2 Å². The van der Waals surface area contributed by atoms with E-state index in [4.69, 9.17) is 0 Å². The molecule has 0 aliphatic heterocycles. The summed E-state index contributed by atoms with van der Waals surface area (Å²) in [6.45, 7) is 0. The number of benzene rings is 2. The van der Waals surface area contributed by atoms with Gasteiger partial charge in [-0.15, -0.1) is 11.8 Å². The van der Waals surface area contributed by atoms with Gasteiger partial charge in [-0.3, -0.25) is 14.9 Å². The van der Waals surface area contributed by atoms with E-state index in [1.807, 2.05) is 37.2 Å². The Hall–Kier alpha value is -2.39. The van der Waals surface area contributed by atoms with Gasteiger partial charge in [0.05, 0.1) is 22.6 Å². The zero-order valence-electron chi connectivity index (χ0n) is 14.9. The molecule has 2 aromatic carbocycles. The van der Waals surface area contributed by atoms with Crippen LogP contribution in [0, 0.1) is 10.1 Å². The Bertz CT molecular complexity index is 858. The molecule has 0 saturated carbocycles. The van der Waals surface area contributed by atoms with Crippen molar-refractivity contribution in [3.05, 3.63) is 68.2 Å². The Morgan fingerprint density at radius 1 is 1.33 bits per heavy atom. The van der Waals surface area contributed by atoms with Gasteiger partial charge in [0.15, 0.2) is 0 Å². The maximum atomic E-state index is 11.8. The van der Waals surface area contributed by atoms with Gasteiger partial charge in [-0.2, -0.15) is 5.10 Å². The third kappa shape index (κ3) is 6.69. The topological polar surface area (TPSA) is 87.8 Å². The quantitative estimate of drug-likeness (QED) is 0.375. The maximum absolute atomic E-state index is 11.8. The highest BCUT2D eigenvalue weighted by Crippen LogP contribution is 2.25. The van der Waals surface area contributed by atoms with Crippen LogP contribution in [0.15, 0.2) is 52.0 Å². The minimum Gasteiger partial charge on any atom is -0.377 e. The van der Waals surface area contributed by atoms with Crippen LogP contribution in [0.1, 0.15) is 11.1 Å². The van der Waals surface area contributed by atoms with Crippen LogP contribution >= 0.6 is 27.7 Å². The summed E-state index contributed by atoms with van der Waals surface area (Å²) in [6.07, 6.45) is 1.58. The van der Waals surface area contributed by atoms with Crippen LogP contribution in [0.25, 0.3) is 0 Å². The number of nitro benzene ring substituents is 1. The second-order valence-corrected chi connectivity index (χ2v) is 7.66. The Balaban J connectivity index is 1.79. The number of nitro groups is 1. The molecule has 0 fully saturated rings. The van der Waals surface area contributed by atoms with Gasteiger partial charge >= 0.3 is 0 Å². The minimum atomic E-state index is -0.432. The lowest BCUT2D eigenvalue weighted by Gasteiger charge is -2.14. The lowest BCUT2D eigenvalue weighted by molar-refractivity contribution is -0.384. The van der Waals surface area contributed by atoms with Crippen molar-refractivity contribution in [2.45, 2.75) is 5.75 Å². The molecule has 0 aliphatic rings. The number of non-ortho nitro benzene ring substituents is 1. The van der Waals surface area contributed by atoms with E-state index in [1.165, 1.54) is 23.9 Å². The summed E-state index contributed by atoms with van der Waals surface area (Å²) in [7, 11) is 3.92. The first kappa shape index (κ1) is 20.9. The van der Waals surface area contributed by atoms with Gasteiger partial charge in [-0.25, -0.2) is 5.43 Å². The fourth-order valence-corrected chi connectivity index (χ4v) is 3.72. The Morgan fingerprint density at radius 2 is 2.11 bits per heavy atom. The molecule has 2 aromatic rings. The van der Waals surface area contributed by atoms with E-state index in [0.717, 1.165) is 21.3 Å². The number of nitrogens with zero attached hydrogens (tertiary/aromatic N) is 3.